The van der Waals surface area contributed by atoms with Crippen molar-refractivity contribution in [3.63, 3.8) is 0 Å². The molecule has 1 heterocycles. The molecule has 1 saturated carbocycles. The van der Waals surface area contributed by atoms with Crippen molar-refractivity contribution < 1.29 is 9.78 Å². The van der Waals surface area contributed by atoms with Gasteiger partial charge in [0.2, 0.25) is 5.91 Å². The fourth-order valence-corrected chi connectivity index (χ4v) is 1.22. The van der Waals surface area contributed by atoms with E-state index in [2.05, 4.69) is 10.3 Å². The number of aromatic nitrogens is 1. The second-order valence-corrected chi connectivity index (χ2v) is 3.40. The molecule has 1 amide bonds. The fraction of sp³-hybridized carbons (Fsp3) is 0.400. The molecule has 3 nitrogen and oxygen atoms in total. The topological polar surface area (TPSA) is 43.2 Å². The van der Waals surface area contributed by atoms with E-state index in [4.69, 9.17) is 0 Å². The summed E-state index contributed by atoms with van der Waals surface area (Å²) in [5.74, 6) is 0.497. The quantitative estimate of drug-likeness (QED) is 0.719. The number of hydrogen-bond acceptors (Lipinski definition) is 1. The van der Waals surface area contributed by atoms with E-state index in [1.807, 2.05) is 24.5 Å². The summed E-state index contributed by atoms with van der Waals surface area (Å²) in [6.07, 6.45) is 5.87. The third-order valence-electron chi connectivity index (χ3n) is 2.19. The molecule has 1 fully saturated rings. The van der Waals surface area contributed by atoms with Crippen LogP contribution >= 0.6 is 0 Å². The van der Waals surface area contributed by atoms with Gasteiger partial charge in [-0.1, -0.05) is 0 Å². The molecule has 0 bridgehead atoms. The molecule has 0 unspecified atom stereocenters. The molecule has 0 aromatic carbocycles. The minimum absolute atomic E-state index is 0.198. The molecule has 68 valence electrons. The summed E-state index contributed by atoms with van der Waals surface area (Å²) in [5.41, 5.74) is 1.11. The van der Waals surface area contributed by atoms with Gasteiger partial charge >= 0.3 is 0 Å². The number of carbonyl (C=O) groups excluding carboxylic acids is 1. The van der Waals surface area contributed by atoms with Gasteiger partial charge < -0.3 is 5.32 Å². The van der Waals surface area contributed by atoms with E-state index in [-0.39, 0.29) is 5.91 Å². The second kappa shape index (κ2) is 3.56. The van der Waals surface area contributed by atoms with Crippen LogP contribution in [0.15, 0.2) is 24.5 Å². The van der Waals surface area contributed by atoms with Crippen LogP contribution in [-0.4, -0.2) is 5.91 Å². The van der Waals surface area contributed by atoms with Crippen molar-refractivity contribution in [2.24, 2.45) is 5.92 Å². The van der Waals surface area contributed by atoms with Gasteiger partial charge in [-0.15, -0.1) is 0 Å². The molecule has 1 aliphatic carbocycles. The molecule has 1 aromatic rings. The monoisotopic (exact) mass is 177 g/mol. The SMILES string of the molecule is O=C(NCc1ccc[nH+]c1)C1CC1. The fourth-order valence-electron chi connectivity index (χ4n) is 1.22. The van der Waals surface area contributed by atoms with E-state index in [0.717, 1.165) is 18.4 Å². The highest BCUT2D eigenvalue weighted by Gasteiger charge is 2.29. The van der Waals surface area contributed by atoms with E-state index in [1.54, 1.807) is 0 Å². The zero-order valence-electron chi connectivity index (χ0n) is 7.42. The Kier molecular flexibility index (Phi) is 2.25. The number of hydrogen-bond donors (Lipinski definition) is 1. The van der Waals surface area contributed by atoms with Gasteiger partial charge in [-0.3, -0.25) is 4.79 Å². The summed E-state index contributed by atoms with van der Waals surface area (Å²) in [7, 11) is 0. The third-order valence-corrected chi connectivity index (χ3v) is 2.19. The van der Waals surface area contributed by atoms with Crippen LogP contribution < -0.4 is 10.3 Å². The number of rotatable bonds is 3. The molecule has 3 heteroatoms. The Bertz CT molecular complexity index is 293. The zero-order chi connectivity index (χ0) is 9.10. The van der Waals surface area contributed by atoms with Gasteiger partial charge in [-0.25, -0.2) is 4.98 Å². The highest BCUT2D eigenvalue weighted by atomic mass is 16.2. The molecule has 2 rings (SSSR count). The largest absolute Gasteiger partial charge is 0.352 e. The predicted molar refractivity (Wildman–Crippen MR) is 47.6 cm³/mol. The van der Waals surface area contributed by atoms with Crippen LogP contribution in [0, 0.1) is 5.92 Å². The Morgan fingerprint density at radius 2 is 2.46 bits per heavy atom. The molecule has 0 atom stereocenters. The van der Waals surface area contributed by atoms with Crippen LogP contribution in [0.4, 0.5) is 0 Å². The van der Waals surface area contributed by atoms with E-state index < -0.39 is 0 Å². The number of amides is 1. The maximum Gasteiger partial charge on any atom is 0.223 e. The van der Waals surface area contributed by atoms with Gasteiger partial charge in [0, 0.05) is 24.1 Å². The van der Waals surface area contributed by atoms with Crippen molar-refractivity contribution in [1.82, 2.24) is 5.32 Å². The van der Waals surface area contributed by atoms with E-state index in [9.17, 15) is 4.79 Å². The van der Waals surface area contributed by atoms with Gasteiger partial charge in [0.1, 0.15) is 0 Å². The summed E-state index contributed by atoms with van der Waals surface area (Å²) in [6, 6.07) is 3.92. The Labute approximate surface area is 77.2 Å². The standard InChI is InChI=1S/C10H12N2O/c13-10(9-3-4-9)12-7-8-2-1-5-11-6-8/h1-2,5-6,9H,3-4,7H2,(H,12,13)/p+1. The summed E-state index contributed by atoms with van der Waals surface area (Å²) in [5, 5.41) is 2.90. The van der Waals surface area contributed by atoms with Crippen LogP contribution in [-0.2, 0) is 11.3 Å². The van der Waals surface area contributed by atoms with Crippen LogP contribution in [0.1, 0.15) is 18.4 Å². The summed E-state index contributed by atoms with van der Waals surface area (Å²) < 4.78 is 0. The molecule has 0 aliphatic heterocycles. The highest BCUT2D eigenvalue weighted by Crippen LogP contribution is 2.28. The van der Waals surface area contributed by atoms with E-state index in [0.29, 0.717) is 12.5 Å². The number of pyridine rings is 1. The molecule has 1 aromatic heterocycles. The third kappa shape index (κ3) is 2.28. The molecular formula is C10H13N2O+. The average molecular weight is 177 g/mol. The van der Waals surface area contributed by atoms with Crippen molar-refractivity contribution in [2.45, 2.75) is 19.4 Å². The summed E-state index contributed by atoms with van der Waals surface area (Å²) >= 11 is 0. The number of nitrogens with one attached hydrogen (secondary N) is 2. The van der Waals surface area contributed by atoms with Crippen molar-refractivity contribution in [2.75, 3.05) is 0 Å². The van der Waals surface area contributed by atoms with E-state index >= 15 is 0 Å². The zero-order valence-corrected chi connectivity index (χ0v) is 7.42. The van der Waals surface area contributed by atoms with E-state index in [1.165, 1.54) is 0 Å². The average Bonchev–Trinajstić information content (AvgIpc) is 2.99. The minimum atomic E-state index is 0.198. The lowest BCUT2D eigenvalue weighted by atomic mass is 10.3. The van der Waals surface area contributed by atoms with Crippen LogP contribution in [0.25, 0.3) is 0 Å². The minimum Gasteiger partial charge on any atom is -0.352 e. The Balaban J connectivity index is 1.82. The molecular weight excluding hydrogens is 164 g/mol. The second-order valence-electron chi connectivity index (χ2n) is 3.40. The molecule has 2 N–H and O–H groups in total. The number of aromatic amines is 1. The Morgan fingerprint density at radius 3 is 3.08 bits per heavy atom. The van der Waals surface area contributed by atoms with Crippen molar-refractivity contribution >= 4 is 5.91 Å². The highest BCUT2D eigenvalue weighted by molar-refractivity contribution is 5.80. The lowest BCUT2D eigenvalue weighted by molar-refractivity contribution is -0.378. The van der Waals surface area contributed by atoms with Gasteiger partial charge in [0.15, 0.2) is 12.4 Å². The first-order chi connectivity index (χ1) is 6.36. The maximum absolute atomic E-state index is 11.3. The van der Waals surface area contributed by atoms with Crippen molar-refractivity contribution in [3.8, 4) is 0 Å². The van der Waals surface area contributed by atoms with Gasteiger partial charge in [0.25, 0.3) is 0 Å². The lowest BCUT2D eigenvalue weighted by Crippen LogP contribution is -2.24. The van der Waals surface area contributed by atoms with Crippen molar-refractivity contribution in [1.29, 1.82) is 0 Å². The van der Waals surface area contributed by atoms with Gasteiger partial charge in [-0.05, 0) is 18.9 Å². The lowest BCUT2D eigenvalue weighted by Gasteiger charge is -2.01. The first kappa shape index (κ1) is 8.23. The molecule has 1 aliphatic rings. The molecule has 0 radical (unpaired) electrons. The molecule has 13 heavy (non-hydrogen) atoms. The van der Waals surface area contributed by atoms with Crippen molar-refractivity contribution in [3.05, 3.63) is 30.1 Å². The van der Waals surface area contributed by atoms with Crippen LogP contribution in [0.2, 0.25) is 0 Å². The first-order valence-corrected chi connectivity index (χ1v) is 4.59. The summed E-state index contributed by atoms with van der Waals surface area (Å²) in [6.45, 7) is 0.632. The number of carbonyl (C=O) groups is 1. The van der Waals surface area contributed by atoms with Crippen LogP contribution in [0.5, 0.6) is 0 Å². The van der Waals surface area contributed by atoms with Gasteiger partial charge in [0.05, 0.1) is 0 Å². The first-order valence-electron chi connectivity index (χ1n) is 4.59. The smallest absolute Gasteiger partial charge is 0.223 e. The molecule has 0 spiro atoms. The summed E-state index contributed by atoms with van der Waals surface area (Å²) in [4.78, 5) is 14.2. The Hall–Kier alpha value is -1.38. The van der Waals surface area contributed by atoms with Crippen LogP contribution in [0.3, 0.4) is 0 Å². The Morgan fingerprint density at radius 1 is 1.62 bits per heavy atom. The molecule has 0 saturated heterocycles. The number of H-pyrrole nitrogens is 1. The normalized spacial score (nSPS) is 15.4. The van der Waals surface area contributed by atoms with Gasteiger partial charge in [-0.2, -0.15) is 0 Å². The maximum atomic E-state index is 11.3. The predicted octanol–water partition coefficient (Wildman–Crippen LogP) is 0.527.